The molecule has 0 bridgehead atoms. The van der Waals surface area contributed by atoms with Gasteiger partial charge in [-0.2, -0.15) is 0 Å². The molecule has 2 heterocycles. The molecule has 1 fully saturated rings. The van der Waals surface area contributed by atoms with Crippen molar-refractivity contribution in [3.63, 3.8) is 0 Å². The number of hydrogen-bond donors (Lipinski definition) is 1. The predicted molar refractivity (Wildman–Crippen MR) is 143 cm³/mol. The molecule has 34 heavy (non-hydrogen) atoms. The average molecular weight is 525 g/mol. The topological polar surface area (TPSA) is 46.6 Å². The molecule has 1 aliphatic heterocycles. The second-order valence-electron chi connectivity index (χ2n) is 8.18. The molecule has 0 unspecified atom stereocenters. The Labute approximate surface area is 219 Å². The van der Waals surface area contributed by atoms with Crippen LogP contribution in [0.2, 0.25) is 5.02 Å². The van der Waals surface area contributed by atoms with Gasteiger partial charge in [-0.1, -0.05) is 48.0 Å². The number of likely N-dealkylation sites (tertiary alicyclic amines) is 1. The van der Waals surface area contributed by atoms with Crippen molar-refractivity contribution in [1.29, 1.82) is 0 Å². The van der Waals surface area contributed by atoms with Gasteiger partial charge < -0.3 is 14.8 Å². The number of aromatic nitrogens is 1. The standard InChI is InChI=1S/C26H30ClN3O2.2ClH/c1-31-25-15-22(14-24(27)26(25)32-19-21-8-5-11-28-16-21)17-29-23-9-12-30(13-10-23)18-20-6-3-2-4-7-20;;/h2-8,11,14-16,23,29H,9-10,12-13,17-19H2,1H3;2*1H. The summed E-state index contributed by atoms with van der Waals surface area (Å²) in [6.45, 7) is 4.39. The van der Waals surface area contributed by atoms with Crippen molar-refractivity contribution in [3.05, 3.63) is 88.7 Å². The van der Waals surface area contributed by atoms with E-state index in [2.05, 4.69) is 45.5 Å². The summed E-state index contributed by atoms with van der Waals surface area (Å²) >= 11 is 6.54. The minimum atomic E-state index is 0. The number of methoxy groups -OCH3 is 1. The van der Waals surface area contributed by atoms with Crippen LogP contribution in [-0.4, -0.2) is 36.1 Å². The van der Waals surface area contributed by atoms with Crippen molar-refractivity contribution >= 4 is 36.4 Å². The van der Waals surface area contributed by atoms with E-state index in [1.54, 1.807) is 19.5 Å². The van der Waals surface area contributed by atoms with E-state index < -0.39 is 0 Å². The van der Waals surface area contributed by atoms with Crippen LogP contribution in [0.1, 0.15) is 29.5 Å². The fourth-order valence-corrected chi connectivity index (χ4v) is 4.34. The van der Waals surface area contributed by atoms with Crippen LogP contribution in [0.15, 0.2) is 67.0 Å². The molecule has 1 saturated heterocycles. The van der Waals surface area contributed by atoms with Gasteiger partial charge in [0, 0.05) is 37.1 Å². The van der Waals surface area contributed by atoms with Crippen LogP contribution in [0, 0.1) is 0 Å². The van der Waals surface area contributed by atoms with Crippen LogP contribution in [0.5, 0.6) is 11.5 Å². The first-order chi connectivity index (χ1) is 15.7. The lowest BCUT2D eigenvalue weighted by molar-refractivity contribution is 0.190. The smallest absolute Gasteiger partial charge is 0.180 e. The minimum Gasteiger partial charge on any atom is -0.493 e. The lowest BCUT2D eigenvalue weighted by Crippen LogP contribution is -2.41. The molecule has 4 rings (SSSR count). The number of halogens is 3. The molecule has 3 aromatic rings. The molecule has 1 aromatic heterocycles. The summed E-state index contributed by atoms with van der Waals surface area (Å²) in [6, 6.07) is 19.0. The first kappa shape index (κ1) is 28.2. The number of benzene rings is 2. The highest BCUT2D eigenvalue weighted by atomic mass is 35.5. The van der Waals surface area contributed by atoms with Crippen molar-refractivity contribution < 1.29 is 9.47 Å². The second-order valence-corrected chi connectivity index (χ2v) is 8.58. The zero-order valence-corrected chi connectivity index (χ0v) is 21.7. The van der Waals surface area contributed by atoms with E-state index in [1.165, 1.54) is 5.56 Å². The number of ether oxygens (including phenoxy) is 2. The van der Waals surface area contributed by atoms with Crippen LogP contribution in [0.25, 0.3) is 0 Å². The maximum atomic E-state index is 6.54. The van der Waals surface area contributed by atoms with Gasteiger partial charge in [-0.05, 0) is 55.3 Å². The van der Waals surface area contributed by atoms with E-state index in [1.807, 2.05) is 24.3 Å². The van der Waals surface area contributed by atoms with Crippen LogP contribution in [0.3, 0.4) is 0 Å². The fraction of sp³-hybridized carbons (Fsp3) is 0.346. The second kappa shape index (κ2) is 14.4. The quantitative estimate of drug-likeness (QED) is 0.376. The molecule has 0 amide bonds. The zero-order valence-electron chi connectivity index (χ0n) is 19.3. The van der Waals surface area contributed by atoms with Crippen molar-refractivity contribution in [2.75, 3.05) is 20.2 Å². The molecule has 184 valence electrons. The van der Waals surface area contributed by atoms with Crippen LogP contribution in [-0.2, 0) is 19.7 Å². The van der Waals surface area contributed by atoms with Gasteiger partial charge in [-0.25, -0.2) is 0 Å². The summed E-state index contributed by atoms with van der Waals surface area (Å²) in [6.07, 6.45) is 5.81. The Kier molecular flexibility index (Phi) is 11.9. The monoisotopic (exact) mass is 523 g/mol. The largest absolute Gasteiger partial charge is 0.493 e. The Morgan fingerprint density at radius 2 is 1.74 bits per heavy atom. The molecule has 5 nitrogen and oxygen atoms in total. The first-order valence-corrected chi connectivity index (χ1v) is 11.5. The Morgan fingerprint density at radius 3 is 2.41 bits per heavy atom. The summed E-state index contributed by atoms with van der Waals surface area (Å²) in [5, 5.41) is 4.25. The SMILES string of the molecule is COc1cc(CNC2CCN(Cc3ccccc3)CC2)cc(Cl)c1OCc1cccnc1.Cl.Cl. The fourth-order valence-electron chi connectivity index (χ4n) is 4.05. The molecule has 0 radical (unpaired) electrons. The lowest BCUT2D eigenvalue weighted by Gasteiger charge is -2.32. The van der Waals surface area contributed by atoms with E-state index in [-0.39, 0.29) is 24.8 Å². The molecule has 1 aliphatic rings. The zero-order chi connectivity index (χ0) is 22.2. The van der Waals surface area contributed by atoms with Gasteiger partial charge in [0.05, 0.1) is 12.1 Å². The highest BCUT2D eigenvalue weighted by Gasteiger charge is 2.19. The Morgan fingerprint density at radius 1 is 1.00 bits per heavy atom. The Bertz CT molecular complexity index is 985. The summed E-state index contributed by atoms with van der Waals surface area (Å²) in [7, 11) is 1.64. The number of hydrogen-bond acceptors (Lipinski definition) is 5. The van der Waals surface area contributed by atoms with E-state index in [9.17, 15) is 0 Å². The molecular formula is C26H32Cl3N3O2. The van der Waals surface area contributed by atoms with E-state index in [0.717, 1.165) is 50.1 Å². The predicted octanol–water partition coefficient (Wildman–Crippen LogP) is 5.92. The van der Waals surface area contributed by atoms with Gasteiger partial charge >= 0.3 is 0 Å². The van der Waals surface area contributed by atoms with Crippen molar-refractivity contribution in [2.45, 2.75) is 38.6 Å². The normalized spacial score (nSPS) is 14.1. The van der Waals surface area contributed by atoms with Gasteiger partial charge in [0.15, 0.2) is 11.5 Å². The van der Waals surface area contributed by atoms with E-state index in [4.69, 9.17) is 21.1 Å². The Hall–Kier alpha value is -2.02. The molecule has 0 aliphatic carbocycles. The molecule has 0 spiro atoms. The maximum absolute atomic E-state index is 6.54. The molecule has 0 atom stereocenters. The van der Waals surface area contributed by atoms with Crippen molar-refractivity contribution in [2.24, 2.45) is 0 Å². The third kappa shape index (κ3) is 8.03. The van der Waals surface area contributed by atoms with Crippen LogP contribution < -0.4 is 14.8 Å². The van der Waals surface area contributed by atoms with Crippen molar-refractivity contribution in [1.82, 2.24) is 15.2 Å². The van der Waals surface area contributed by atoms with Gasteiger partial charge in [-0.3, -0.25) is 9.88 Å². The first-order valence-electron chi connectivity index (χ1n) is 11.1. The number of rotatable bonds is 9. The van der Waals surface area contributed by atoms with Gasteiger partial charge in [-0.15, -0.1) is 24.8 Å². The number of nitrogens with zero attached hydrogens (tertiary/aromatic N) is 2. The number of piperidine rings is 1. The van der Waals surface area contributed by atoms with Crippen LogP contribution >= 0.6 is 36.4 Å². The van der Waals surface area contributed by atoms with E-state index >= 15 is 0 Å². The average Bonchev–Trinajstić information content (AvgIpc) is 2.84. The molecule has 1 N–H and O–H groups in total. The third-order valence-corrected chi connectivity index (χ3v) is 6.11. The maximum Gasteiger partial charge on any atom is 0.180 e. The lowest BCUT2D eigenvalue weighted by atomic mass is 10.0. The van der Waals surface area contributed by atoms with Gasteiger partial charge in [0.2, 0.25) is 0 Å². The third-order valence-electron chi connectivity index (χ3n) is 5.83. The number of nitrogens with one attached hydrogen (secondary N) is 1. The summed E-state index contributed by atoms with van der Waals surface area (Å²) in [5.41, 5.74) is 3.45. The van der Waals surface area contributed by atoms with Crippen LogP contribution in [0.4, 0.5) is 0 Å². The summed E-state index contributed by atoms with van der Waals surface area (Å²) in [4.78, 5) is 6.64. The number of pyridine rings is 1. The highest BCUT2D eigenvalue weighted by molar-refractivity contribution is 6.32. The molecular weight excluding hydrogens is 493 g/mol. The molecule has 0 saturated carbocycles. The van der Waals surface area contributed by atoms with Gasteiger partial charge in [0.25, 0.3) is 0 Å². The summed E-state index contributed by atoms with van der Waals surface area (Å²) in [5.74, 6) is 1.21. The Balaban J connectivity index is 0.00000204. The molecule has 2 aromatic carbocycles. The van der Waals surface area contributed by atoms with Gasteiger partial charge in [0.1, 0.15) is 6.61 Å². The van der Waals surface area contributed by atoms with Crippen molar-refractivity contribution in [3.8, 4) is 11.5 Å². The molecule has 8 heteroatoms. The van der Waals surface area contributed by atoms with E-state index in [0.29, 0.717) is 29.2 Å². The highest BCUT2D eigenvalue weighted by Crippen LogP contribution is 2.37. The summed E-state index contributed by atoms with van der Waals surface area (Å²) < 4.78 is 11.5. The minimum absolute atomic E-state index is 0.